The second-order valence-electron chi connectivity index (χ2n) is 4.66. The van der Waals surface area contributed by atoms with Gasteiger partial charge in [0.05, 0.1) is 0 Å². The number of allylic oxidation sites excluding steroid dienone is 1. The van der Waals surface area contributed by atoms with Gasteiger partial charge in [0.2, 0.25) is 0 Å². The lowest BCUT2D eigenvalue weighted by molar-refractivity contribution is 0.171. The summed E-state index contributed by atoms with van der Waals surface area (Å²) in [4.78, 5) is 13.6. The minimum absolute atomic E-state index is 0.0825. The van der Waals surface area contributed by atoms with Crippen LogP contribution in [-0.2, 0) is 0 Å². The predicted octanol–water partition coefficient (Wildman–Crippen LogP) is 2.39. The van der Waals surface area contributed by atoms with Gasteiger partial charge in [-0.05, 0) is 32.6 Å². The van der Waals surface area contributed by atoms with Crippen LogP contribution in [0, 0.1) is 5.92 Å². The lowest BCUT2D eigenvalue weighted by atomic mass is 10.0. The molecule has 3 heteroatoms. The molecule has 0 aliphatic carbocycles. The molecule has 0 aromatic heterocycles. The minimum atomic E-state index is 0.0825. The zero-order valence-corrected chi connectivity index (χ0v) is 10.0. The van der Waals surface area contributed by atoms with Crippen LogP contribution in [0.1, 0.15) is 33.6 Å². The van der Waals surface area contributed by atoms with Crippen LogP contribution in [-0.4, -0.2) is 30.6 Å². The smallest absolute Gasteiger partial charge is 0.317 e. The lowest BCUT2D eigenvalue weighted by Gasteiger charge is -2.30. The van der Waals surface area contributed by atoms with Gasteiger partial charge in [-0.1, -0.05) is 18.6 Å². The van der Waals surface area contributed by atoms with Gasteiger partial charge in [-0.2, -0.15) is 0 Å². The van der Waals surface area contributed by atoms with E-state index in [4.69, 9.17) is 0 Å². The van der Waals surface area contributed by atoms with Gasteiger partial charge in [-0.25, -0.2) is 4.79 Å². The zero-order chi connectivity index (χ0) is 11.3. The maximum atomic E-state index is 11.7. The van der Waals surface area contributed by atoms with Crippen LogP contribution in [0.25, 0.3) is 0 Å². The fourth-order valence-corrected chi connectivity index (χ4v) is 1.83. The van der Waals surface area contributed by atoms with E-state index in [1.54, 1.807) is 0 Å². The number of nitrogens with one attached hydrogen (secondary N) is 1. The third-order valence-electron chi connectivity index (χ3n) is 2.71. The molecule has 1 unspecified atom stereocenters. The summed E-state index contributed by atoms with van der Waals surface area (Å²) in [5, 5.41) is 2.91. The van der Waals surface area contributed by atoms with E-state index in [-0.39, 0.29) is 6.03 Å². The molecule has 86 valence electrons. The van der Waals surface area contributed by atoms with Gasteiger partial charge in [0.1, 0.15) is 0 Å². The van der Waals surface area contributed by atoms with Crippen molar-refractivity contribution in [3.8, 4) is 0 Å². The first-order valence-electron chi connectivity index (χ1n) is 5.75. The summed E-state index contributed by atoms with van der Waals surface area (Å²) in [7, 11) is 0. The van der Waals surface area contributed by atoms with Gasteiger partial charge >= 0.3 is 6.03 Å². The number of amides is 2. The number of carbonyl (C=O) groups excluding carboxylic acids is 1. The molecule has 0 bridgehead atoms. The molecular weight excluding hydrogens is 188 g/mol. The van der Waals surface area contributed by atoms with Crippen LogP contribution in [0.3, 0.4) is 0 Å². The summed E-state index contributed by atoms with van der Waals surface area (Å²) in [5.41, 5.74) is 1.24. The van der Waals surface area contributed by atoms with Crippen LogP contribution in [0.2, 0.25) is 0 Å². The van der Waals surface area contributed by atoms with Crippen molar-refractivity contribution in [2.45, 2.75) is 33.6 Å². The number of hydrogen-bond acceptors (Lipinski definition) is 1. The summed E-state index contributed by atoms with van der Waals surface area (Å²) >= 11 is 0. The Bertz CT molecular complexity index is 244. The molecule has 0 radical (unpaired) electrons. The molecule has 1 N–H and O–H groups in total. The van der Waals surface area contributed by atoms with Crippen molar-refractivity contribution in [2.24, 2.45) is 5.92 Å². The number of likely N-dealkylation sites (tertiary alicyclic amines) is 1. The van der Waals surface area contributed by atoms with Crippen LogP contribution in [0.4, 0.5) is 4.79 Å². The first-order chi connectivity index (χ1) is 7.09. The number of rotatable bonds is 2. The molecule has 1 fully saturated rings. The van der Waals surface area contributed by atoms with Crippen LogP contribution in [0.5, 0.6) is 0 Å². The Balaban J connectivity index is 2.30. The Hall–Kier alpha value is -0.990. The Labute approximate surface area is 92.5 Å². The molecule has 15 heavy (non-hydrogen) atoms. The van der Waals surface area contributed by atoms with E-state index in [9.17, 15) is 4.79 Å². The van der Waals surface area contributed by atoms with E-state index in [0.717, 1.165) is 19.5 Å². The minimum Gasteiger partial charge on any atom is -0.335 e. The SMILES string of the molecule is CC(C)=CCNC(=O)N1CCCC(C)C1. The van der Waals surface area contributed by atoms with Crippen molar-refractivity contribution >= 4 is 6.03 Å². The Morgan fingerprint density at radius 2 is 2.27 bits per heavy atom. The van der Waals surface area contributed by atoms with Gasteiger partial charge in [0.15, 0.2) is 0 Å². The zero-order valence-electron chi connectivity index (χ0n) is 10.0. The Morgan fingerprint density at radius 3 is 2.87 bits per heavy atom. The third-order valence-corrected chi connectivity index (χ3v) is 2.71. The second kappa shape index (κ2) is 5.79. The van der Waals surface area contributed by atoms with Crippen molar-refractivity contribution in [2.75, 3.05) is 19.6 Å². The van der Waals surface area contributed by atoms with E-state index in [0.29, 0.717) is 12.5 Å². The van der Waals surface area contributed by atoms with Gasteiger partial charge in [-0.15, -0.1) is 0 Å². The van der Waals surface area contributed by atoms with Gasteiger partial charge < -0.3 is 10.2 Å². The van der Waals surface area contributed by atoms with Crippen LogP contribution >= 0.6 is 0 Å². The van der Waals surface area contributed by atoms with E-state index in [2.05, 4.69) is 12.2 Å². The normalized spacial score (nSPS) is 21.0. The molecular formula is C12H22N2O. The molecule has 0 aromatic rings. The van der Waals surface area contributed by atoms with E-state index in [1.165, 1.54) is 12.0 Å². The predicted molar refractivity (Wildman–Crippen MR) is 62.8 cm³/mol. The topological polar surface area (TPSA) is 32.3 Å². The molecule has 1 heterocycles. The second-order valence-corrected chi connectivity index (χ2v) is 4.66. The Morgan fingerprint density at radius 1 is 1.53 bits per heavy atom. The van der Waals surface area contributed by atoms with E-state index >= 15 is 0 Å². The highest BCUT2D eigenvalue weighted by Crippen LogP contribution is 2.14. The fourth-order valence-electron chi connectivity index (χ4n) is 1.83. The highest BCUT2D eigenvalue weighted by molar-refractivity contribution is 5.74. The largest absolute Gasteiger partial charge is 0.335 e. The lowest BCUT2D eigenvalue weighted by Crippen LogP contribution is -2.45. The maximum absolute atomic E-state index is 11.7. The maximum Gasteiger partial charge on any atom is 0.317 e. The fraction of sp³-hybridized carbons (Fsp3) is 0.750. The molecule has 1 aliphatic rings. The highest BCUT2D eigenvalue weighted by atomic mass is 16.2. The molecule has 0 spiro atoms. The van der Waals surface area contributed by atoms with E-state index < -0.39 is 0 Å². The average Bonchev–Trinajstić information content (AvgIpc) is 2.17. The number of urea groups is 1. The van der Waals surface area contributed by atoms with Crippen LogP contribution < -0.4 is 5.32 Å². The number of carbonyl (C=O) groups is 1. The number of piperidine rings is 1. The summed E-state index contributed by atoms with van der Waals surface area (Å²) in [6.07, 6.45) is 4.42. The number of hydrogen-bond donors (Lipinski definition) is 1. The van der Waals surface area contributed by atoms with Gasteiger partial charge in [0, 0.05) is 19.6 Å². The molecule has 0 aromatic carbocycles. The molecule has 0 saturated carbocycles. The van der Waals surface area contributed by atoms with Gasteiger partial charge in [0.25, 0.3) is 0 Å². The third kappa shape index (κ3) is 4.36. The Kier molecular flexibility index (Phi) is 4.66. The van der Waals surface area contributed by atoms with Crippen molar-refractivity contribution < 1.29 is 4.79 Å². The first kappa shape index (κ1) is 12.1. The molecule has 1 rings (SSSR count). The van der Waals surface area contributed by atoms with E-state index in [1.807, 2.05) is 24.8 Å². The average molecular weight is 210 g/mol. The first-order valence-corrected chi connectivity index (χ1v) is 5.75. The molecule has 1 atom stereocenters. The summed E-state index contributed by atoms with van der Waals surface area (Å²) < 4.78 is 0. The standard InChI is InChI=1S/C12H22N2O/c1-10(2)6-7-13-12(15)14-8-4-5-11(3)9-14/h6,11H,4-5,7-9H2,1-3H3,(H,13,15). The van der Waals surface area contributed by atoms with Crippen molar-refractivity contribution in [1.29, 1.82) is 0 Å². The summed E-state index contributed by atoms with van der Waals surface area (Å²) in [6, 6.07) is 0.0825. The highest BCUT2D eigenvalue weighted by Gasteiger charge is 2.19. The quantitative estimate of drug-likeness (QED) is 0.697. The molecule has 1 saturated heterocycles. The molecule has 2 amide bonds. The summed E-state index contributed by atoms with van der Waals surface area (Å²) in [6.45, 7) is 8.73. The van der Waals surface area contributed by atoms with Crippen molar-refractivity contribution in [3.05, 3.63) is 11.6 Å². The number of nitrogens with zero attached hydrogens (tertiary/aromatic N) is 1. The van der Waals surface area contributed by atoms with Gasteiger partial charge in [-0.3, -0.25) is 0 Å². The van der Waals surface area contributed by atoms with Crippen molar-refractivity contribution in [1.82, 2.24) is 10.2 Å². The summed E-state index contributed by atoms with van der Waals surface area (Å²) in [5.74, 6) is 0.646. The molecule has 1 aliphatic heterocycles. The van der Waals surface area contributed by atoms with Crippen molar-refractivity contribution in [3.63, 3.8) is 0 Å². The monoisotopic (exact) mass is 210 g/mol. The molecule has 3 nitrogen and oxygen atoms in total. The van der Waals surface area contributed by atoms with Crippen LogP contribution in [0.15, 0.2) is 11.6 Å².